The highest BCUT2D eigenvalue weighted by Crippen LogP contribution is 2.19. The highest BCUT2D eigenvalue weighted by Gasteiger charge is 2.02. The summed E-state index contributed by atoms with van der Waals surface area (Å²) in [5.74, 6) is 1.53. The topological polar surface area (TPSA) is 47.6 Å². The number of hydrogen-bond acceptors (Lipinski definition) is 3. The fraction of sp³-hybridized carbons (Fsp3) is 0.250. The van der Waals surface area contributed by atoms with Crippen molar-refractivity contribution < 1.29 is 14.3 Å². The number of hydrogen-bond donors (Lipinski definition) is 1. The summed E-state index contributed by atoms with van der Waals surface area (Å²) in [7, 11) is 3.29. The van der Waals surface area contributed by atoms with E-state index in [1.807, 2.05) is 48.5 Å². The largest absolute Gasteiger partial charge is 0.496 e. The van der Waals surface area contributed by atoms with Gasteiger partial charge in [0.15, 0.2) is 0 Å². The lowest BCUT2D eigenvalue weighted by molar-refractivity contribution is -0.116. The van der Waals surface area contributed by atoms with E-state index in [9.17, 15) is 4.79 Å². The van der Waals surface area contributed by atoms with Crippen LogP contribution in [0, 0.1) is 0 Å². The van der Waals surface area contributed by atoms with Gasteiger partial charge in [0.2, 0.25) is 5.91 Å². The van der Waals surface area contributed by atoms with Crippen LogP contribution in [0.15, 0.2) is 54.6 Å². The third-order valence-electron chi connectivity index (χ3n) is 3.67. The molecule has 4 nitrogen and oxygen atoms in total. The monoisotopic (exact) mass is 325 g/mol. The van der Waals surface area contributed by atoms with Crippen LogP contribution in [0.3, 0.4) is 0 Å². The average Bonchev–Trinajstić information content (AvgIpc) is 2.64. The average molecular weight is 325 g/mol. The summed E-state index contributed by atoms with van der Waals surface area (Å²) in [6.45, 7) is 0.618. The summed E-state index contributed by atoms with van der Waals surface area (Å²) in [6.07, 6.45) is 5.00. The smallest absolute Gasteiger partial charge is 0.244 e. The van der Waals surface area contributed by atoms with E-state index in [4.69, 9.17) is 9.47 Å². The molecule has 0 aromatic heterocycles. The molecule has 4 heteroatoms. The summed E-state index contributed by atoms with van der Waals surface area (Å²) in [6, 6.07) is 15.5. The molecule has 1 amide bonds. The van der Waals surface area contributed by atoms with Crippen molar-refractivity contribution in [3.05, 3.63) is 65.7 Å². The molecule has 0 radical (unpaired) electrons. The van der Waals surface area contributed by atoms with Gasteiger partial charge >= 0.3 is 0 Å². The van der Waals surface area contributed by atoms with Gasteiger partial charge in [-0.25, -0.2) is 0 Å². The zero-order valence-electron chi connectivity index (χ0n) is 14.1. The zero-order valence-corrected chi connectivity index (χ0v) is 14.1. The fourth-order valence-corrected chi connectivity index (χ4v) is 2.43. The molecule has 0 atom stereocenters. The van der Waals surface area contributed by atoms with E-state index < -0.39 is 0 Å². The predicted molar refractivity (Wildman–Crippen MR) is 96.4 cm³/mol. The number of amides is 1. The summed E-state index contributed by atoms with van der Waals surface area (Å²) < 4.78 is 10.6. The molecule has 126 valence electrons. The second kappa shape index (κ2) is 9.40. The van der Waals surface area contributed by atoms with Crippen LogP contribution in [0.1, 0.15) is 17.5 Å². The van der Waals surface area contributed by atoms with Gasteiger partial charge in [-0.15, -0.1) is 0 Å². The second-order valence-electron chi connectivity index (χ2n) is 5.28. The van der Waals surface area contributed by atoms with Crippen LogP contribution in [0.25, 0.3) is 6.08 Å². The SMILES string of the molecule is COc1ccccc1/C=C/C(=O)NCCCc1ccccc1OC. The minimum Gasteiger partial charge on any atom is -0.496 e. The minimum atomic E-state index is -0.110. The maximum atomic E-state index is 11.9. The molecular weight excluding hydrogens is 302 g/mol. The molecule has 0 aliphatic carbocycles. The van der Waals surface area contributed by atoms with Gasteiger partial charge in [0.25, 0.3) is 0 Å². The standard InChI is InChI=1S/C20H23NO3/c1-23-18-11-5-3-8-16(18)10-7-15-21-20(22)14-13-17-9-4-6-12-19(17)24-2/h3-6,8-9,11-14H,7,10,15H2,1-2H3,(H,21,22)/b14-13+. The maximum absolute atomic E-state index is 11.9. The lowest BCUT2D eigenvalue weighted by atomic mass is 10.1. The van der Waals surface area contributed by atoms with E-state index >= 15 is 0 Å². The number of para-hydroxylation sites is 2. The van der Waals surface area contributed by atoms with Gasteiger partial charge in [0, 0.05) is 18.2 Å². The van der Waals surface area contributed by atoms with Crippen LogP contribution in [0.2, 0.25) is 0 Å². The molecule has 0 aliphatic heterocycles. The van der Waals surface area contributed by atoms with Crippen LogP contribution in [0.5, 0.6) is 11.5 Å². The third kappa shape index (κ3) is 5.16. The van der Waals surface area contributed by atoms with Gasteiger partial charge in [-0.1, -0.05) is 36.4 Å². The predicted octanol–water partition coefficient (Wildman–Crippen LogP) is 3.47. The molecule has 2 rings (SSSR count). The summed E-state index contributed by atoms with van der Waals surface area (Å²) in [4.78, 5) is 11.9. The van der Waals surface area contributed by atoms with Gasteiger partial charge in [0.05, 0.1) is 14.2 Å². The number of carbonyl (C=O) groups excluding carboxylic acids is 1. The molecule has 0 unspecified atom stereocenters. The zero-order chi connectivity index (χ0) is 17.2. The maximum Gasteiger partial charge on any atom is 0.244 e. The van der Waals surface area contributed by atoms with Crippen molar-refractivity contribution in [2.75, 3.05) is 20.8 Å². The Labute approximate surface area is 143 Å². The number of carbonyl (C=O) groups is 1. The number of rotatable bonds is 8. The normalized spacial score (nSPS) is 10.6. The van der Waals surface area contributed by atoms with Crippen molar-refractivity contribution in [3.8, 4) is 11.5 Å². The molecule has 24 heavy (non-hydrogen) atoms. The third-order valence-corrected chi connectivity index (χ3v) is 3.67. The Balaban J connectivity index is 1.78. The number of nitrogens with one attached hydrogen (secondary N) is 1. The summed E-state index contributed by atoms with van der Waals surface area (Å²) >= 11 is 0. The molecule has 0 spiro atoms. The van der Waals surface area contributed by atoms with E-state index in [1.165, 1.54) is 6.08 Å². The highest BCUT2D eigenvalue weighted by atomic mass is 16.5. The Morgan fingerprint density at radius 3 is 2.42 bits per heavy atom. The van der Waals surface area contributed by atoms with Gasteiger partial charge in [0.1, 0.15) is 11.5 Å². The van der Waals surface area contributed by atoms with Crippen LogP contribution in [-0.4, -0.2) is 26.7 Å². The van der Waals surface area contributed by atoms with Gasteiger partial charge in [-0.05, 0) is 36.6 Å². The van der Waals surface area contributed by atoms with Crippen molar-refractivity contribution in [1.82, 2.24) is 5.32 Å². The molecular formula is C20H23NO3. The van der Waals surface area contributed by atoms with Crippen LogP contribution in [-0.2, 0) is 11.2 Å². The summed E-state index contributed by atoms with van der Waals surface area (Å²) in [5, 5.41) is 2.89. The molecule has 0 bridgehead atoms. The van der Waals surface area contributed by atoms with E-state index in [1.54, 1.807) is 20.3 Å². The molecule has 0 saturated heterocycles. The quantitative estimate of drug-likeness (QED) is 0.597. The van der Waals surface area contributed by atoms with Crippen molar-refractivity contribution in [2.45, 2.75) is 12.8 Å². The van der Waals surface area contributed by atoms with E-state index in [-0.39, 0.29) is 5.91 Å². The van der Waals surface area contributed by atoms with Crippen molar-refractivity contribution in [1.29, 1.82) is 0 Å². The van der Waals surface area contributed by atoms with Crippen molar-refractivity contribution in [3.63, 3.8) is 0 Å². The van der Waals surface area contributed by atoms with Crippen LogP contribution >= 0.6 is 0 Å². The highest BCUT2D eigenvalue weighted by molar-refractivity contribution is 5.92. The first-order valence-electron chi connectivity index (χ1n) is 7.95. The van der Waals surface area contributed by atoms with E-state index in [2.05, 4.69) is 5.32 Å². The Hall–Kier alpha value is -2.75. The second-order valence-corrected chi connectivity index (χ2v) is 5.28. The Morgan fingerprint density at radius 2 is 1.67 bits per heavy atom. The Bertz CT molecular complexity index is 695. The number of aryl methyl sites for hydroxylation is 1. The fourth-order valence-electron chi connectivity index (χ4n) is 2.43. The van der Waals surface area contributed by atoms with Gasteiger partial charge in [-0.3, -0.25) is 4.79 Å². The van der Waals surface area contributed by atoms with Crippen LogP contribution < -0.4 is 14.8 Å². The molecule has 2 aromatic carbocycles. The molecule has 0 saturated carbocycles. The van der Waals surface area contributed by atoms with E-state index in [0.717, 1.165) is 35.5 Å². The van der Waals surface area contributed by atoms with E-state index in [0.29, 0.717) is 6.54 Å². The first-order valence-corrected chi connectivity index (χ1v) is 7.95. The molecule has 0 fully saturated rings. The number of methoxy groups -OCH3 is 2. The molecule has 0 heterocycles. The number of benzene rings is 2. The van der Waals surface area contributed by atoms with Gasteiger partial charge < -0.3 is 14.8 Å². The molecule has 2 aromatic rings. The molecule has 1 N–H and O–H groups in total. The Morgan fingerprint density at radius 1 is 1.00 bits per heavy atom. The lowest BCUT2D eigenvalue weighted by Crippen LogP contribution is -2.22. The first kappa shape index (κ1) is 17.6. The minimum absolute atomic E-state index is 0.110. The van der Waals surface area contributed by atoms with Gasteiger partial charge in [-0.2, -0.15) is 0 Å². The Kier molecular flexibility index (Phi) is 6.90. The first-order chi connectivity index (χ1) is 11.7. The van der Waals surface area contributed by atoms with Crippen molar-refractivity contribution in [2.24, 2.45) is 0 Å². The van der Waals surface area contributed by atoms with Crippen molar-refractivity contribution >= 4 is 12.0 Å². The molecule has 0 aliphatic rings. The van der Waals surface area contributed by atoms with Crippen LogP contribution in [0.4, 0.5) is 0 Å². The number of ether oxygens (including phenoxy) is 2. The lowest BCUT2D eigenvalue weighted by Gasteiger charge is -2.08. The summed E-state index contributed by atoms with van der Waals surface area (Å²) in [5.41, 5.74) is 2.03.